The third kappa shape index (κ3) is 4.49. The van der Waals surface area contributed by atoms with Crippen LogP contribution in [-0.4, -0.2) is 26.4 Å². The molecule has 1 atom stereocenters. The Bertz CT molecular complexity index is 968. The van der Waals surface area contributed by atoms with Crippen molar-refractivity contribution < 1.29 is 13.6 Å². The number of hydrogen-bond donors (Lipinski definition) is 0. The fourth-order valence-corrected chi connectivity index (χ4v) is 3.13. The van der Waals surface area contributed by atoms with Crippen LogP contribution in [0.5, 0.6) is 0 Å². The normalized spacial score (nSPS) is 16.0. The summed E-state index contributed by atoms with van der Waals surface area (Å²) in [5, 5.41) is 18.4. The molecule has 0 fully saturated rings. The highest BCUT2D eigenvalue weighted by Gasteiger charge is 2.31. The number of rotatable bonds is 6. The van der Waals surface area contributed by atoms with Gasteiger partial charge in [-0.1, -0.05) is 12.2 Å². The summed E-state index contributed by atoms with van der Waals surface area (Å²) in [5.41, 5.74) is 2.33. The van der Waals surface area contributed by atoms with Crippen LogP contribution < -0.4 is 0 Å². The van der Waals surface area contributed by atoms with E-state index in [9.17, 15) is 13.6 Å². The Morgan fingerprint density at radius 1 is 1.32 bits per heavy atom. The second-order valence-corrected chi connectivity index (χ2v) is 6.78. The van der Waals surface area contributed by atoms with Gasteiger partial charge in [-0.2, -0.15) is 15.5 Å². The van der Waals surface area contributed by atoms with Gasteiger partial charge in [-0.05, 0) is 31.0 Å². The van der Waals surface area contributed by atoms with Crippen LogP contribution in [0.15, 0.2) is 47.8 Å². The number of carbonyl (C=O) groups is 1. The van der Waals surface area contributed by atoms with Gasteiger partial charge >= 0.3 is 0 Å². The second-order valence-electron chi connectivity index (χ2n) is 6.78. The minimum Gasteiger partial charge on any atom is -0.273 e. The van der Waals surface area contributed by atoms with E-state index in [2.05, 4.69) is 16.8 Å². The molecule has 1 aromatic carbocycles. The highest BCUT2D eigenvalue weighted by atomic mass is 19.1. The third-order valence-corrected chi connectivity index (χ3v) is 4.43. The van der Waals surface area contributed by atoms with Crippen molar-refractivity contribution in [1.29, 1.82) is 5.26 Å². The fraction of sp³-hybridized carbons (Fsp3) is 0.300. The van der Waals surface area contributed by atoms with Gasteiger partial charge in [-0.3, -0.25) is 9.48 Å². The zero-order valence-corrected chi connectivity index (χ0v) is 15.4. The van der Waals surface area contributed by atoms with Crippen molar-refractivity contribution in [3.05, 3.63) is 65.5 Å². The summed E-state index contributed by atoms with van der Waals surface area (Å²) in [5.74, 6) is -1.61. The summed E-state index contributed by atoms with van der Waals surface area (Å²) in [6.07, 6.45) is 4.07. The average molecular weight is 383 g/mol. The number of nitrogens with zero attached hydrogens (tertiary/aromatic N) is 5. The molecule has 1 aromatic heterocycles. The Labute approximate surface area is 161 Å². The molecular weight excluding hydrogens is 364 g/mol. The zero-order chi connectivity index (χ0) is 20.3. The number of amides is 1. The van der Waals surface area contributed by atoms with E-state index < -0.39 is 17.7 Å². The number of halogens is 2. The average Bonchev–Trinajstić information content (AvgIpc) is 3.25. The van der Waals surface area contributed by atoms with Crippen LogP contribution in [0, 0.1) is 23.0 Å². The lowest BCUT2D eigenvalue weighted by atomic mass is 10.0. The number of hydrogen-bond acceptors (Lipinski definition) is 4. The molecular formula is C20H19F2N5O. The molecule has 6 nitrogen and oxygen atoms in total. The quantitative estimate of drug-likeness (QED) is 0.714. The summed E-state index contributed by atoms with van der Waals surface area (Å²) >= 11 is 0. The van der Waals surface area contributed by atoms with Crippen LogP contribution in [0.25, 0.3) is 0 Å². The fourth-order valence-electron chi connectivity index (χ4n) is 3.13. The first-order valence-corrected chi connectivity index (χ1v) is 8.77. The summed E-state index contributed by atoms with van der Waals surface area (Å²) < 4.78 is 28.7. The second kappa shape index (κ2) is 8.13. The lowest BCUT2D eigenvalue weighted by Crippen LogP contribution is -2.27. The van der Waals surface area contributed by atoms with Crippen molar-refractivity contribution in [2.45, 2.75) is 38.8 Å². The zero-order valence-electron chi connectivity index (χ0n) is 15.4. The first kappa shape index (κ1) is 19.4. The molecule has 0 bridgehead atoms. The van der Waals surface area contributed by atoms with E-state index >= 15 is 0 Å². The Morgan fingerprint density at radius 2 is 2.04 bits per heavy atom. The van der Waals surface area contributed by atoms with Crippen LogP contribution in [-0.2, 0) is 11.3 Å². The summed E-state index contributed by atoms with van der Waals surface area (Å²) in [6.45, 7) is 6.13. The van der Waals surface area contributed by atoms with Crippen LogP contribution in [0.1, 0.15) is 43.4 Å². The van der Waals surface area contributed by atoms with E-state index in [1.165, 1.54) is 23.3 Å². The van der Waals surface area contributed by atoms with Crippen molar-refractivity contribution in [3.8, 4) is 6.07 Å². The molecule has 0 radical (unpaired) electrons. The largest absolute Gasteiger partial charge is 0.273 e. The van der Waals surface area contributed by atoms with E-state index in [1.807, 2.05) is 6.07 Å². The van der Waals surface area contributed by atoms with Gasteiger partial charge in [0.1, 0.15) is 17.7 Å². The molecule has 144 valence electrons. The molecule has 1 aliphatic heterocycles. The third-order valence-electron chi connectivity index (χ3n) is 4.43. The van der Waals surface area contributed by atoms with Crippen molar-refractivity contribution in [2.75, 3.05) is 0 Å². The van der Waals surface area contributed by atoms with Crippen LogP contribution in [0.4, 0.5) is 8.78 Å². The maximum atomic E-state index is 13.6. The molecule has 0 saturated heterocycles. The molecule has 1 amide bonds. The van der Waals surface area contributed by atoms with Gasteiger partial charge in [0.05, 0.1) is 24.3 Å². The van der Waals surface area contributed by atoms with Gasteiger partial charge in [-0.25, -0.2) is 13.8 Å². The maximum Gasteiger partial charge on any atom is 0.243 e. The molecule has 0 N–H and O–H groups in total. The Balaban J connectivity index is 1.63. The number of allylic oxidation sites excluding steroid dienone is 1. The van der Waals surface area contributed by atoms with E-state index in [4.69, 9.17) is 5.26 Å². The Kier molecular flexibility index (Phi) is 5.64. The molecule has 1 unspecified atom stereocenters. The van der Waals surface area contributed by atoms with Crippen LogP contribution in [0.3, 0.4) is 0 Å². The van der Waals surface area contributed by atoms with Crippen molar-refractivity contribution in [1.82, 2.24) is 14.8 Å². The topological polar surface area (TPSA) is 74.3 Å². The predicted molar refractivity (Wildman–Crippen MR) is 99.0 cm³/mol. The van der Waals surface area contributed by atoms with E-state index in [0.29, 0.717) is 30.5 Å². The first-order valence-electron chi connectivity index (χ1n) is 8.77. The smallest absolute Gasteiger partial charge is 0.243 e. The standard InChI is InChI=1S/C20H19F2N5O/c1-13(11-26-12-15(9-23)10-24-26)3-4-20(28)27-19(5-14(2)25-27)16-6-17(21)8-18(22)7-16/h6-8,10,12,19H,1,3-5,11H2,2H3. The molecule has 0 aliphatic carbocycles. The van der Waals surface area contributed by atoms with E-state index in [-0.39, 0.29) is 12.3 Å². The van der Waals surface area contributed by atoms with Crippen molar-refractivity contribution in [3.63, 3.8) is 0 Å². The van der Waals surface area contributed by atoms with Crippen LogP contribution in [0.2, 0.25) is 0 Å². The van der Waals surface area contributed by atoms with Gasteiger partial charge in [0.2, 0.25) is 5.91 Å². The lowest BCUT2D eigenvalue weighted by Gasteiger charge is -2.22. The van der Waals surface area contributed by atoms with Gasteiger partial charge in [0.25, 0.3) is 0 Å². The van der Waals surface area contributed by atoms with Gasteiger partial charge < -0.3 is 0 Å². The minimum absolute atomic E-state index is 0.163. The van der Waals surface area contributed by atoms with E-state index in [1.54, 1.807) is 17.8 Å². The Morgan fingerprint density at radius 3 is 2.68 bits per heavy atom. The Hall–Kier alpha value is -3.34. The minimum atomic E-state index is -0.684. The van der Waals surface area contributed by atoms with Gasteiger partial charge in [-0.15, -0.1) is 0 Å². The monoisotopic (exact) mass is 383 g/mol. The number of aromatic nitrogens is 2. The van der Waals surface area contributed by atoms with Gasteiger partial charge in [0, 0.05) is 30.8 Å². The summed E-state index contributed by atoms with van der Waals surface area (Å²) in [4.78, 5) is 12.7. The molecule has 1 aliphatic rings. The molecule has 2 heterocycles. The molecule has 2 aromatic rings. The highest BCUT2D eigenvalue weighted by Crippen LogP contribution is 2.32. The molecule has 28 heavy (non-hydrogen) atoms. The number of hydrazone groups is 1. The number of benzene rings is 1. The first-order chi connectivity index (χ1) is 13.4. The van der Waals surface area contributed by atoms with E-state index in [0.717, 1.165) is 17.4 Å². The number of nitriles is 1. The molecule has 0 spiro atoms. The van der Waals surface area contributed by atoms with Crippen molar-refractivity contribution >= 4 is 11.6 Å². The lowest BCUT2D eigenvalue weighted by molar-refractivity contribution is -0.133. The molecule has 0 saturated carbocycles. The highest BCUT2D eigenvalue weighted by molar-refractivity contribution is 5.88. The maximum absolute atomic E-state index is 13.6. The SMILES string of the molecule is C=C(CCC(=O)N1N=C(C)CC1c1cc(F)cc(F)c1)Cn1cc(C#N)cn1. The van der Waals surface area contributed by atoms with Gasteiger partial charge in [0.15, 0.2) is 0 Å². The summed E-state index contributed by atoms with van der Waals surface area (Å²) in [6, 6.07) is 4.74. The van der Waals surface area contributed by atoms with Crippen LogP contribution >= 0.6 is 0 Å². The van der Waals surface area contributed by atoms with Crippen molar-refractivity contribution in [2.24, 2.45) is 5.10 Å². The predicted octanol–water partition coefficient (Wildman–Crippen LogP) is 3.72. The molecule has 3 rings (SSSR count). The summed E-state index contributed by atoms with van der Waals surface area (Å²) in [7, 11) is 0. The molecule has 8 heteroatoms. The number of carbonyl (C=O) groups excluding carboxylic acids is 1.